The molecule has 0 aliphatic carbocycles. The summed E-state index contributed by atoms with van der Waals surface area (Å²) in [6.45, 7) is -0.280. The van der Waals surface area contributed by atoms with Crippen LogP contribution in [0.1, 0.15) is 39.0 Å². The Balaban J connectivity index is 1.77. The normalized spacial score (nSPS) is 35.6. The van der Waals surface area contributed by atoms with Gasteiger partial charge in [-0.25, -0.2) is 0 Å². The molecule has 0 aromatic heterocycles. The molecule has 2 aliphatic rings. The molecule has 43 heavy (non-hydrogen) atoms. The van der Waals surface area contributed by atoms with Gasteiger partial charge in [0.2, 0.25) is 5.79 Å². The standard InChI is InChI=1S/C25H42Cl2O16/c1-2-13-20(35)23(38)25(10-26,42-13)43-24-22(37)21(36)17(27)14(41-24)9-40-16(32)6-4-3-5-15(31)39-8-12(30)19(34)18(33)11(29)7-28/h11-14,17-24,28-30,33-38H,2-10H2,1H3/t11-,12-,13-,14?,17+,18-,19-,20?,21+,22?,23-,24-,25+/m1/s1. The minimum atomic E-state index is -1.96. The van der Waals surface area contributed by atoms with Crippen LogP contribution in [-0.2, 0) is 33.3 Å². The van der Waals surface area contributed by atoms with E-state index in [1.807, 2.05) is 0 Å². The Morgan fingerprint density at radius 2 is 1.47 bits per heavy atom. The van der Waals surface area contributed by atoms with Crippen molar-refractivity contribution >= 4 is 35.1 Å². The Morgan fingerprint density at radius 1 is 0.884 bits per heavy atom. The number of carbonyl (C=O) groups is 2. The highest BCUT2D eigenvalue weighted by Crippen LogP contribution is 2.38. The topological polar surface area (TPSA) is 262 Å². The van der Waals surface area contributed by atoms with Crippen LogP contribution < -0.4 is 0 Å². The van der Waals surface area contributed by atoms with Gasteiger partial charge in [0.05, 0.1) is 24.0 Å². The maximum absolute atomic E-state index is 12.2. The Hall–Kier alpha value is -0.960. The molecular weight excluding hydrogens is 627 g/mol. The van der Waals surface area contributed by atoms with Crippen molar-refractivity contribution in [2.45, 2.75) is 118 Å². The number of hydrogen-bond acceptors (Lipinski definition) is 16. The van der Waals surface area contributed by atoms with Crippen LogP contribution in [0, 0.1) is 0 Å². The molecule has 2 aliphatic heterocycles. The number of ether oxygens (including phenoxy) is 5. The zero-order valence-corrected chi connectivity index (χ0v) is 24.9. The molecule has 0 radical (unpaired) electrons. The molecule has 13 atom stereocenters. The Labute approximate surface area is 257 Å². The molecule has 252 valence electrons. The molecule has 16 nitrogen and oxygen atoms in total. The summed E-state index contributed by atoms with van der Waals surface area (Å²) < 4.78 is 26.8. The van der Waals surface area contributed by atoms with E-state index in [0.717, 1.165) is 0 Å². The quantitative estimate of drug-likeness (QED) is 0.0415. The van der Waals surface area contributed by atoms with Gasteiger partial charge in [-0.2, -0.15) is 0 Å². The summed E-state index contributed by atoms with van der Waals surface area (Å²) >= 11 is 12.2. The number of esters is 2. The molecular formula is C25H42Cl2O16. The second-order valence-corrected chi connectivity index (χ2v) is 11.2. The minimum absolute atomic E-state index is 0.129. The van der Waals surface area contributed by atoms with Crippen LogP contribution in [0.4, 0.5) is 0 Å². The van der Waals surface area contributed by atoms with Gasteiger partial charge < -0.3 is 69.6 Å². The van der Waals surface area contributed by atoms with E-state index in [2.05, 4.69) is 0 Å². The fraction of sp³-hybridized carbons (Fsp3) is 0.920. The summed E-state index contributed by atoms with van der Waals surface area (Å²) in [6, 6.07) is 0. The van der Waals surface area contributed by atoms with Crippen LogP contribution in [0.2, 0.25) is 0 Å². The lowest BCUT2D eigenvalue weighted by molar-refractivity contribution is -0.358. The van der Waals surface area contributed by atoms with Crippen LogP contribution in [0.5, 0.6) is 0 Å². The van der Waals surface area contributed by atoms with Crippen LogP contribution in [0.25, 0.3) is 0 Å². The zero-order valence-electron chi connectivity index (χ0n) is 23.4. The average Bonchev–Trinajstić information content (AvgIpc) is 3.25. The molecule has 0 aromatic carbocycles. The number of hydrogen-bond donors (Lipinski definition) is 9. The third kappa shape index (κ3) is 10.0. The molecule has 0 amide bonds. The number of unbranched alkanes of at least 4 members (excludes halogenated alkanes) is 1. The highest BCUT2D eigenvalue weighted by molar-refractivity contribution is 6.21. The second-order valence-electron chi connectivity index (χ2n) is 10.4. The number of aliphatic hydroxyl groups excluding tert-OH is 9. The highest BCUT2D eigenvalue weighted by atomic mass is 35.5. The number of rotatable bonds is 17. The molecule has 0 saturated carbocycles. The summed E-state index contributed by atoms with van der Waals surface area (Å²) in [7, 11) is 0. The van der Waals surface area contributed by atoms with Crippen molar-refractivity contribution in [2.24, 2.45) is 0 Å². The first kappa shape index (κ1) is 38.2. The molecule has 2 heterocycles. The van der Waals surface area contributed by atoms with Crippen molar-refractivity contribution in [3.63, 3.8) is 0 Å². The Kier molecular flexibility index (Phi) is 15.7. The Morgan fingerprint density at radius 3 is 2.00 bits per heavy atom. The van der Waals surface area contributed by atoms with Crippen molar-refractivity contribution in [3.05, 3.63) is 0 Å². The predicted octanol–water partition coefficient (Wildman–Crippen LogP) is -3.39. The predicted molar refractivity (Wildman–Crippen MR) is 144 cm³/mol. The highest BCUT2D eigenvalue weighted by Gasteiger charge is 2.58. The summed E-state index contributed by atoms with van der Waals surface area (Å²) in [4.78, 5) is 24.1. The van der Waals surface area contributed by atoms with E-state index in [0.29, 0.717) is 6.42 Å². The first-order valence-electron chi connectivity index (χ1n) is 13.8. The van der Waals surface area contributed by atoms with Gasteiger partial charge in [0, 0.05) is 12.8 Å². The third-order valence-corrected chi connectivity index (χ3v) is 8.10. The SMILES string of the molecule is CC[C@H]1O[C@@](CCl)(O[C@H]2OC(COC(=O)CCCCC(=O)OC[C@@H](O)[C@@H](O)[C@H](O)[C@H](O)CO)[C@H](Cl)[C@H](O)C2O)[C@H](O)C1O. The van der Waals surface area contributed by atoms with E-state index >= 15 is 0 Å². The van der Waals surface area contributed by atoms with Gasteiger partial charge in [-0.1, -0.05) is 6.92 Å². The molecule has 3 unspecified atom stereocenters. The first-order chi connectivity index (χ1) is 20.2. The summed E-state index contributed by atoms with van der Waals surface area (Å²) in [5.74, 6) is -3.88. The lowest BCUT2D eigenvalue weighted by atomic mass is 10.0. The molecule has 9 N–H and O–H groups in total. The van der Waals surface area contributed by atoms with Crippen molar-refractivity contribution in [2.75, 3.05) is 25.7 Å². The molecule has 2 saturated heterocycles. The number of aliphatic hydroxyl groups is 9. The van der Waals surface area contributed by atoms with E-state index in [4.69, 9.17) is 52.0 Å². The first-order valence-corrected chi connectivity index (χ1v) is 14.8. The summed E-state index contributed by atoms with van der Waals surface area (Å²) in [5.41, 5.74) is 0. The van der Waals surface area contributed by atoms with E-state index in [9.17, 15) is 50.4 Å². The van der Waals surface area contributed by atoms with Crippen LogP contribution in [0.3, 0.4) is 0 Å². The average molecular weight is 670 g/mol. The molecule has 0 aromatic rings. The van der Waals surface area contributed by atoms with Crippen LogP contribution >= 0.6 is 23.2 Å². The molecule has 0 spiro atoms. The van der Waals surface area contributed by atoms with Gasteiger partial charge in [0.1, 0.15) is 68.1 Å². The van der Waals surface area contributed by atoms with Gasteiger partial charge in [0.15, 0.2) is 6.29 Å². The monoisotopic (exact) mass is 668 g/mol. The maximum atomic E-state index is 12.2. The fourth-order valence-electron chi connectivity index (χ4n) is 4.44. The molecule has 2 rings (SSSR count). The maximum Gasteiger partial charge on any atom is 0.305 e. The smallest absolute Gasteiger partial charge is 0.305 e. The van der Waals surface area contributed by atoms with Gasteiger partial charge in [-0.3, -0.25) is 9.59 Å². The minimum Gasteiger partial charge on any atom is -0.463 e. The van der Waals surface area contributed by atoms with E-state index in [1.54, 1.807) is 6.92 Å². The van der Waals surface area contributed by atoms with Crippen molar-refractivity contribution in [1.82, 2.24) is 0 Å². The summed E-state index contributed by atoms with van der Waals surface area (Å²) in [5, 5.41) is 87.5. The number of halogens is 2. The summed E-state index contributed by atoms with van der Waals surface area (Å²) in [6.07, 6.45) is -16.6. The van der Waals surface area contributed by atoms with Gasteiger partial charge >= 0.3 is 11.9 Å². The van der Waals surface area contributed by atoms with Gasteiger partial charge in [-0.15, -0.1) is 23.2 Å². The number of alkyl halides is 2. The zero-order chi connectivity index (χ0) is 32.5. The Bertz CT molecular complexity index is 871. The van der Waals surface area contributed by atoms with Crippen LogP contribution in [-0.4, -0.2) is 162 Å². The third-order valence-electron chi connectivity index (χ3n) is 7.19. The second kappa shape index (κ2) is 17.7. The van der Waals surface area contributed by atoms with Crippen LogP contribution in [0.15, 0.2) is 0 Å². The number of carbonyl (C=O) groups excluding carboxylic acids is 2. The van der Waals surface area contributed by atoms with Crippen molar-refractivity contribution in [3.8, 4) is 0 Å². The largest absolute Gasteiger partial charge is 0.463 e. The van der Waals surface area contributed by atoms with Gasteiger partial charge in [-0.05, 0) is 19.3 Å². The van der Waals surface area contributed by atoms with Crippen molar-refractivity contribution in [1.29, 1.82) is 0 Å². The molecule has 18 heteroatoms. The van der Waals surface area contributed by atoms with E-state index in [-0.39, 0.29) is 25.7 Å². The molecule has 2 fully saturated rings. The van der Waals surface area contributed by atoms with E-state index < -0.39 is 116 Å². The molecule has 0 bridgehead atoms. The lowest BCUT2D eigenvalue weighted by Crippen LogP contribution is -2.61. The van der Waals surface area contributed by atoms with Gasteiger partial charge in [0.25, 0.3) is 0 Å². The fourth-order valence-corrected chi connectivity index (χ4v) is 5.01. The van der Waals surface area contributed by atoms with E-state index in [1.165, 1.54) is 0 Å². The lowest BCUT2D eigenvalue weighted by Gasteiger charge is -2.43. The van der Waals surface area contributed by atoms with Crippen molar-refractivity contribution < 1.29 is 79.2 Å².